The molecule has 0 bridgehead atoms. The molecule has 2 heterocycles. The van der Waals surface area contributed by atoms with E-state index in [2.05, 4.69) is 50.9 Å². The first kappa shape index (κ1) is 13.3. The van der Waals surface area contributed by atoms with Crippen LogP contribution in [0.1, 0.15) is 29.9 Å². The average Bonchev–Trinajstić information content (AvgIpc) is 2.95. The van der Waals surface area contributed by atoms with Gasteiger partial charge in [0.1, 0.15) is 12.2 Å². The standard InChI is InChI=1S/C15H21N5/c1-2-12-3-5-13(6-4-12)14(16)9-19-7-8-20-11-17-18-15(20)10-19/h3-6,11,14H,2,7-10,16H2,1H3. The summed E-state index contributed by atoms with van der Waals surface area (Å²) in [5, 5.41) is 8.09. The van der Waals surface area contributed by atoms with E-state index in [1.54, 1.807) is 6.33 Å². The first-order chi connectivity index (χ1) is 9.76. The third kappa shape index (κ3) is 2.73. The van der Waals surface area contributed by atoms with E-state index >= 15 is 0 Å². The average molecular weight is 271 g/mol. The number of hydrogen-bond donors (Lipinski definition) is 1. The van der Waals surface area contributed by atoms with Gasteiger partial charge in [0.15, 0.2) is 0 Å². The fourth-order valence-corrected chi connectivity index (χ4v) is 2.66. The van der Waals surface area contributed by atoms with Gasteiger partial charge in [0.2, 0.25) is 0 Å². The Kier molecular flexibility index (Phi) is 3.80. The van der Waals surface area contributed by atoms with Gasteiger partial charge >= 0.3 is 0 Å². The molecule has 0 saturated carbocycles. The Morgan fingerprint density at radius 1 is 1.25 bits per heavy atom. The zero-order valence-corrected chi connectivity index (χ0v) is 11.9. The summed E-state index contributed by atoms with van der Waals surface area (Å²) in [6, 6.07) is 8.69. The second-order valence-electron chi connectivity index (χ2n) is 5.38. The number of nitrogens with two attached hydrogens (primary N) is 1. The molecule has 1 aliphatic rings. The lowest BCUT2D eigenvalue weighted by molar-refractivity contribution is 0.205. The number of fused-ring (bicyclic) bond motifs is 1. The SMILES string of the molecule is CCc1ccc(C(N)CN2CCn3cnnc3C2)cc1. The van der Waals surface area contributed by atoms with Crippen molar-refractivity contribution < 1.29 is 0 Å². The highest BCUT2D eigenvalue weighted by Gasteiger charge is 2.19. The smallest absolute Gasteiger partial charge is 0.147 e. The van der Waals surface area contributed by atoms with Gasteiger partial charge in [-0.05, 0) is 17.5 Å². The van der Waals surface area contributed by atoms with Crippen LogP contribution in [-0.2, 0) is 19.5 Å². The van der Waals surface area contributed by atoms with E-state index in [1.165, 1.54) is 11.1 Å². The number of hydrogen-bond acceptors (Lipinski definition) is 4. The van der Waals surface area contributed by atoms with E-state index in [0.29, 0.717) is 0 Å². The lowest BCUT2D eigenvalue weighted by Crippen LogP contribution is -2.38. The molecule has 1 aromatic carbocycles. The van der Waals surface area contributed by atoms with Crippen LogP contribution in [0, 0.1) is 0 Å². The van der Waals surface area contributed by atoms with Crippen LogP contribution < -0.4 is 5.73 Å². The molecule has 1 aliphatic heterocycles. The quantitative estimate of drug-likeness (QED) is 0.912. The molecule has 1 aromatic heterocycles. The Morgan fingerprint density at radius 2 is 2.05 bits per heavy atom. The number of nitrogens with zero attached hydrogens (tertiary/aromatic N) is 4. The van der Waals surface area contributed by atoms with Crippen LogP contribution in [-0.4, -0.2) is 32.8 Å². The zero-order chi connectivity index (χ0) is 13.9. The molecule has 106 valence electrons. The molecular formula is C15H21N5. The van der Waals surface area contributed by atoms with Gasteiger partial charge in [0.25, 0.3) is 0 Å². The maximum atomic E-state index is 6.33. The van der Waals surface area contributed by atoms with Gasteiger partial charge in [-0.1, -0.05) is 31.2 Å². The Balaban J connectivity index is 1.63. The molecule has 2 N–H and O–H groups in total. The molecule has 5 heteroatoms. The van der Waals surface area contributed by atoms with Crippen LogP contribution in [0.2, 0.25) is 0 Å². The van der Waals surface area contributed by atoms with Crippen molar-refractivity contribution in [2.75, 3.05) is 13.1 Å². The highest BCUT2D eigenvalue weighted by atomic mass is 15.3. The Hall–Kier alpha value is -1.72. The molecule has 0 aliphatic carbocycles. The third-order valence-corrected chi connectivity index (χ3v) is 3.99. The number of aryl methyl sites for hydroxylation is 1. The fourth-order valence-electron chi connectivity index (χ4n) is 2.66. The number of aromatic nitrogens is 3. The molecule has 0 fully saturated rings. The molecule has 5 nitrogen and oxygen atoms in total. The van der Waals surface area contributed by atoms with E-state index in [1.807, 2.05) is 0 Å². The lowest BCUT2D eigenvalue weighted by Gasteiger charge is -2.29. The summed E-state index contributed by atoms with van der Waals surface area (Å²) in [7, 11) is 0. The lowest BCUT2D eigenvalue weighted by atomic mass is 10.0. The summed E-state index contributed by atoms with van der Waals surface area (Å²) in [5.41, 5.74) is 8.88. The fraction of sp³-hybridized carbons (Fsp3) is 0.467. The summed E-state index contributed by atoms with van der Waals surface area (Å²) >= 11 is 0. The van der Waals surface area contributed by atoms with E-state index in [9.17, 15) is 0 Å². The second kappa shape index (κ2) is 5.73. The molecule has 3 rings (SSSR count). The van der Waals surface area contributed by atoms with Gasteiger partial charge in [0.05, 0.1) is 6.54 Å². The minimum atomic E-state index is 0.0513. The summed E-state index contributed by atoms with van der Waals surface area (Å²) in [4.78, 5) is 2.35. The van der Waals surface area contributed by atoms with Crippen molar-refractivity contribution >= 4 is 0 Å². The van der Waals surface area contributed by atoms with Crippen molar-refractivity contribution in [2.45, 2.75) is 32.5 Å². The molecule has 1 unspecified atom stereocenters. The minimum absolute atomic E-state index is 0.0513. The van der Waals surface area contributed by atoms with Crippen LogP contribution in [0.15, 0.2) is 30.6 Å². The predicted octanol–water partition coefficient (Wildman–Crippen LogP) is 1.36. The third-order valence-electron chi connectivity index (χ3n) is 3.99. The molecule has 0 spiro atoms. The number of benzene rings is 1. The van der Waals surface area contributed by atoms with Crippen molar-refractivity contribution in [1.29, 1.82) is 0 Å². The first-order valence-corrected chi connectivity index (χ1v) is 7.19. The maximum absolute atomic E-state index is 6.33. The molecule has 0 saturated heterocycles. The summed E-state index contributed by atoms with van der Waals surface area (Å²) in [5.74, 6) is 1.03. The van der Waals surface area contributed by atoms with Crippen molar-refractivity contribution in [2.24, 2.45) is 5.73 Å². The Bertz CT molecular complexity index is 560. The van der Waals surface area contributed by atoms with Gasteiger partial charge in [-0.25, -0.2) is 0 Å². The van der Waals surface area contributed by atoms with Crippen LogP contribution in [0.4, 0.5) is 0 Å². The molecule has 2 aromatic rings. The summed E-state index contributed by atoms with van der Waals surface area (Å²) < 4.78 is 2.11. The molecule has 1 atom stereocenters. The first-order valence-electron chi connectivity index (χ1n) is 7.19. The highest BCUT2D eigenvalue weighted by Crippen LogP contribution is 2.16. The minimum Gasteiger partial charge on any atom is -0.323 e. The Morgan fingerprint density at radius 3 is 2.80 bits per heavy atom. The molecule has 0 radical (unpaired) electrons. The topological polar surface area (TPSA) is 60.0 Å². The van der Waals surface area contributed by atoms with Gasteiger partial charge in [0, 0.05) is 25.7 Å². The maximum Gasteiger partial charge on any atom is 0.147 e. The van der Waals surface area contributed by atoms with Gasteiger partial charge < -0.3 is 10.3 Å². The second-order valence-corrected chi connectivity index (χ2v) is 5.38. The monoisotopic (exact) mass is 271 g/mol. The van der Waals surface area contributed by atoms with E-state index in [0.717, 1.165) is 38.4 Å². The van der Waals surface area contributed by atoms with Crippen LogP contribution in [0.5, 0.6) is 0 Å². The predicted molar refractivity (Wildman–Crippen MR) is 78.0 cm³/mol. The van der Waals surface area contributed by atoms with E-state index < -0.39 is 0 Å². The molecular weight excluding hydrogens is 250 g/mol. The van der Waals surface area contributed by atoms with E-state index in [-0.39, 0.29) is 6.04 Å². The van der Waals surface area contributed by atoms with Crippen LogP contribution in [0.3, 0.4) is 0 Å². The largest absolute Gasteiger partial charge is 0.323 e. The van der Waals surface area contributed by atoms with Crippen molar-refractivity contribution in [3.05, 3.63) is 47.5 Å². The van der Waals surface area contributed by atoms with Crippen LogP contribution >= 0.6 is 0 Å². The van der Waals surface area contributed by atoms with Crippen molar-refractivity contribution in [1.82, 2.24) is 19.7 Å². The summed E-state index contributed by atoms with van der Waals surface area (Å²) in [6.07, 6.45) is 2.87. The van der Waals surface area contributed by atoms with Crippen molar-refractivity contribution in [3.63, 3.8) is 0 Å². The zero-order valence-electron chi connectivity index (χ0n) is 11.9. The van der Waals surface area contributed by atoms with Gasteiger partial charge in [-0.15, -0.1) is 10.2 Å². The number of rotatable bonds is 4. The van der Waals surface area contributed by atoms with Gasteiger partial charge in [-0.2, -0.15) is 0 Å². The van der Waals surface area contributed by atoms with Crippen LogP contribution in [0.25, 0.3) is 0 Å². The van der Waals surface area contributed by atoms with Gasteiger partial charge in [-0.3, -0.25) is 4.90 Å². The molecule has 20 heavy (non-hydrogen) atoms. The summed E-state index contributed by atoms with van der Waals surface area (Å²) in [6.45, 7) is 5.81. The van der Waals surface area contributed by atoms with Crippen molar-refractivity contribution in [3.8, 4) is 0 Å². The highest BCUT2D eigenvalue weighted by molar-refractivity contribution is 5.25. The molecule has 0 amide bonds. The Labute approximate surface area is 119 Å². The normalized spacial score (nSPS) is 16.9. The van der Waals surface area contributed by atoms with E-state index in [4.69, 9.17) is 5.73 Å².